The quantitative estimate of drug-likeness (QED) is 0.549. The first-order valence-electron chi connectivity index (χ1n) is 8.61. The summed E-state index contributed by atoms with van der Waals surface area (Å²) in [4.78, 5) is 51.5. The van der Waals surface area contributed by atoms with E-state index in [1.807, 2.05) is 12.1 Å². The number of likely N-dealkylation sites (N-methyl/N-ethyl adjacent to an activating group) is 1. The number of para-hydroxylation sites is 2. The zero-order chi connectivity index (χ0) is 19.7. The zero-order valence-corrected chi connectivity index (χ0v) is 15.4. The number of carbonyl (C=O) groups excluding carboxylic acids is 4. The highest BCUT2D eigenvalue weighted by atomic mass is 16.6. The van der Waals surface area contributed by atoms with E-state index < -0.39 is 36.3 Å². The molecule has 0 N–H and O–H groups in total. The number of amides is 5. The third-order valence-corrected chi connectivity index (χ3v) is 4.36. The molecule has 0 spiro atoms. The molecular formula is C18H21N3O6. The molecule has 3 rings (SSSR count). The second-order valence-corrected chi connectivity index (χ2v) is 6.71. The Hall–Kier alpha value is -3.10. The van der Waals surface area contributed by atoms with Crippen molar-refractivity contribution in [1.29, 1.82) is 0 Å². The second-order valence-electron chi connectivity index (χ2n) is 6.71. The van der Waals surface area contributed by atoms with E-state index in [9.17, 15) is 19.2 Å². The Labute approximate surface area is 156 Å². The Bertz CT molecular complexity index is 793. The first-order valence-corrected chi connectivity index (χ1v) is 8.61. The summed E-state index contributed by atoms with van der Waals surface area (Å²) in [5.41, 5.74) is 0. The molecule has 0 unspecified atom stereocenters. The molecule has 5 amide bonds. The smallest absolute Gasteiger partial charge is 0.334 e. The van der Waals surface area contributed by atoms with Crippen LogP contribution >= 0.6 is 0 Å². The normalized spacial score (nSPS) is 19.1. The Morgan fingerprint density at radius 3 is 2.48 bits per heavy atom. The molecule has 1 atom stereocenters. The van der Waals surface area contributed by atoms with E-state index >= 15 is 0 Å². The van der Waals surface area contributed by atoms with E-state index in [0.29, 0.717) is 16.4 Å². The molecule has 1 fully saturated rings. The fraction of sp³-hybridized carbons (Fsp3) is 0.444. The average Bonchev–Trinajstić information content (AvgIpc) is 2.84. The van der Waals surface area contributed by atoms with Gasteiger partial charge in [-0.2, -0.15) is 0 Å². The fourth-order valence-corrected chi connectivity index (χ4v) is 2.93. The number of rotatable bonds is 5. The summed E-state index contributed by atoms with van der Waals surface area (Å²) in [6.45, 7) is 3.24. The number of carbonyl (C=O) groups is 4. The average molecular weight is 375 g/mol. The number of benzene rings is 1. The van der Waals surface area contributed by atoms with Gasteiger partial charge in [0.05, 0.1) is 6.54 Å². The van der Waals surface area contributed by atoms with Crippen LogP contribution in [0.15, 0.2) is 24.3 Å². The Balaban J connectivity index is 1.59. The minimum absolute atomic E-state index is 0.214. The molecule has 2 aliphatic rings. The maximum atomic E-state index is 12.4. The maximum absolute atomic E-state index is 12.4. The van der Waals surface area contributed by atoms with Gasteiger partial charge in [0.1, 0.15) is 13.2 Å². The highest BCUT2D eigenvalue weighted by Gasteiger charge is 2.46. The van der Waals surface area contributed by atoms with Crippen molar-refractivity contribution < 1.29 is 28.7 Å². The van der Waals surface area contributed by atoms with Crippen LogP contribution in [0, 0.1) is 0 Å². The maximum Gasteiger partial charge on any atom is 0.334 e. The van der Waals surface area contributed by atoms with E-state index in [1.165, 1.54) is 4.90 Å². The number of hydrogen-bond donors (Lipinski definition) is 0. The van der Waals surface area contributed by atoms with Crippen molar-refractivity contribution in [2.45, 2.75) is 26.0 Å². The number of hydrogen-bond acceptors (Lipinski definition) is 6. The molecule has 0 aromatic heterocycles. The summed E-state index contributed by atoms with van der Waals surface area (Å²) in [6, 6.07) is 6.00. The molecule has 1 aromatic rings. The van der Waals surface area contributed by atoms with Crippen LogP contribution in [0.4, 0.5) is 4.79 Å². The molecule has 1 saturated heterocycles. The highest BCUT2D eigenvalue weighted by Crippen LogP contribution is 2.31. The van der Waals surface area contributed by atoms with Crippen molar-refractivity contribution in [3.05, 3.63) is 24.3 Å². The van der Waals surface area contributed by atoms with Crippen LogP contribution in [0.5, 0.6) is 11.5 Å². The topological polar surface area (TPSA) is 96.5 Å². The van der Waals surface area contributed by atoms with Gasteiger partial charge < -0.3 is 14.4 Å². The van der Waals surface area contributed by atoms with E-state index in [4.69, 9.17) is 9.47 Å². The number of imide groups is 2. The third-order valence-electron chi connectivity index (χ3n) is 4.36. The Kier molecular flexibility index (Phi) is 5.02. The van der Waals surface area contributed by atoms with Gasteiger partial charge in [-0.25, -0.2) is 9.69 Å². The van der Waals surface area contributed by atoms with Crippen molar-refractivity contribution in [1.82, 2.24) is 14.7 Å². The number of fused-ring (bicyclic) bond motifs is 1. The highest BCUT2D eigenvalue weighted by molar-refractivity contribution is 6.45. The fourth-order valence-electron chi connectivity index (χ4n) is 2.93. The lowest BCUT2D eigenvalue weighted by Crippen LogP contribution is -2.47. The summed E-state index contributed by atoms with van der Waals surface area (Å²) in [6.07, 6.45) is -0.382. The second kappa shape index (κ2) is 7.26. The molecule has 0 saturated carbocycles. The van der Waals surface area contributed by atoms with Gasteiger partial charge in [0.25, 0.3) is 0 Å². The summed E-state index contributed by atoms with van der Waals surface area (Å²) in [5, 5.41) is 0. The van der Waals surface area contributed by atoms with Crippen molar-refractivity contribution in [2.75, 3.05) is 26.7 Å². The first-order chi connectivity index (χ1) is 12.8. The molecule has 144 valence electrons. The first kappa shape index (κ1) is 18.7. The SMILES string of the molecule is CC(C)N1C(=O)C(=O)N(CC(=O)N(C)C[C@H]2COc3ccccc3O2)C1=O. The van der Waals surface area contributed by atoms with Crippen LogP contribution in [0.1, 0.15) is 13.8 Å². The van der Waals surface area contributed by atoms with Gasteiger partial charge in [-0.3, -0.25) is 19.3 Å². The van der Waals surface area contributed by atoms with E-state index in [-0.39, 0.29) is 19.3 Å². The Morgan fingerprint density at radius 1 is 1.19 bits per heavy atom. The summed E-state index contributed by atoms with van der Waals surface area (Å²) in [5.74, 6) is -1.13. The number of nitrogens with zero attached hydrogens (tertiary/aromatic N) is 3. The van der Waals surface area contributed by atoms with Gasteiger partial charge in [0.2, 0.25) is 5.91 Å². The molecule has 1 aromatic carbocycles. The number of urea groups is 1. The largest absolute Gasteiger partial charge is 0.486 e. The summed E-state index contributed by atoms with van der Waals surface area (Å²) < 4.78 is 11.4. The molecule has 27 heavy (non-hydrogen) atoms. The van der Waals surface area contributed by atoms with Gasteiger partial charge in [0, 0.05) is 13.1 Å². The molecule has 9 nitrogen and oxygen atoms in total. The summed E-state index contributed by atoms with van der Waals surface area (Å²) >= 11 is 0. The minimum atomic E-state index is -0.985. The lowest BCUT2D eigenvalue weighted by atomic mass is 10.2. The van der Waals surface area contributed by atoms with Gasteiger partial charge in [-0.05, 0) is 26.0 Å². The van der Waals surface area contributed by atoms with E-state index in [2.05, 4.69) is 0 Å². The predicted octanol–water partition coefficient (Wildman–Crippen LogP) is 0.484. The standard InChI is InChI=1S/C18H21N3O6/c1-11(2)21-17(24)16(23)20(18(21)25)9-15(22)19(3)8-12-10-26-13-6-4-5-7-14(13)27-12/h4-7,11-12H,8-10H2,1-3H3/t12-/m0/s1. The molecule has 2 aliphatic heterocycles. The molecule has 9 heteroatoms. The van der Waals surface area contributed by atoms with Crippen molar-refractivity contribution in [3.63, 3.8) is 0 Å². The minimum Gasteiger partial charge on any atom is -0.486 e. The molecule has 0 radical (unpaired) electrons. The van der Waals surface area contributed by atoms with Crippen LogP contribution in [0.3, 0.4) is 0 Å². The van der Waals surface area contributed by atoms with E-state index in [1.54, 1.807) is 33.0 Å². The molecular weight excluding hydrogens is 354 g/mol. The molecule has 2 heterocycles. The Morgan fingerprint density at radius 2 is 1.85 bits per heavy atom. The van der Waals surface area contributed by atoms with E-state index in [0.717, 1.165) is 4.90 Å². The van der Waals surface area contributed by atoms with Crippen LogP contribution < -0.4 is 9.47 Å². The van der Waals surface area contributed by atoms with Gasteiger partial charge in [-0.1, -0.05) is 12.1 Å². The molecule has 0 bridgehead atoms. The predicted molar refractivity (Wildman–Crippen MR) is 93.1 cm³/mol. The van der Waals surface area contributed by atoms with Crippen LogP contribution in [0.2, 0.25) is 0 Å². The van der Waals surface area contributed by atoms with Crippen molar-refractivity contribution in [2.24, 2.45) is 0 Å². The van der Waals surface area contributed by atoms with Gasteiger partial charge >= 0.3 is 17.8 Å². The lowest BCUT2D eigenvalue weighted by molar-refractivity contribution is -0.145. The zero-order valence-electron chi connectivity index (χ0n) is 15.4. The van der Waals surface area contributed by atoms with Crippen LogP contribution in [-0.4, -0.2) is 77.3 Å². The number of ether oxygens (including phenoxy) is 2. The van der Waals surface area contributed by atoms with Crippen molar-refractivity contribution in [3.8, 4) is 11.5 Å². The van der Waals surface area contributed by atoms with Crippen LogP contribution in [0.25, 0.3) is 0 Å². The molecule has 0 aliphatic carbocycles. The third kappa shape index (κ3) is 3.57. The van der Waals surface area contributed by atoms with Crippen LogP contribution in [-0.2, 0) is 14.4 Å². The van der Waals surface area contributed by atoms with Gasteiger partial charge in [0.15, 0.2) is 17.6 Å². The monoisotopic (exact) mass is 375 g/mol. The van der Waals surface area contributed by atoms with Gasteiger partial charge in [-0.15, -0.1) is 0 Å². The van der Waals surface area contributed by atoms with Crippen molar-refractivity contribution >= 4 is 23.8 Å². The summed E-state index contributed by atoms with van der Waals surface area (Å²) in [7, 11) is 1.54. The lowest BCUT2D eigenvalue weighted by Gasteiger charge is -2.30.